The fraction of sp³-hybridized carbons (Fsp3) is 0.333. The second kappa shape index (κ2) is 10.2. The molecule has 2 aromatic carbocycles. The average Bonchev–Trinajstić information content (AvgIpc) is 2.73. The molecule has 2 atom stereocenters. The van der Waals surface area contributed by atoms with E-state index in [-0.39, 0.29) is 18.0 Å². The van der Waals surface area contributed by atoms with Crippen molar-refractivity contribution in [2.45, 2.75) is 38.9 Å². The zero-order valence-corrected chi connectivity index (χ0v) is 17.5. The maximum atomic E-state index is 12.9. The lowest BCUT2D eigenvalue weighted by Crippen LogP contribution is -2.58. The van der Waals surface area contributed by atoms with Crippen molar-refractivity contribution >= 4 is 17.9 Å². The molecule has 0 bridgehead atoms. The summed E-state index contributed by atoms with van der Waals surface area (Å²) >= 11 is 0. The van der Waals surface area contributed by atoms with Gasteiger partial charge in [0.2, 0.25) is 5.91 Å². The van der Waals surface area contributed by atoms with Crippen molar-refractivity contribution in [2.24, 2.45) is 0 Å². The van der Waals surface area contributed by atoms with E-state index < -0.39 is 5.91 Å². The Hall–Kier alpha value is -2.96. The minimum Gasteiger partial charge on any atom is -0.334 e. The molecule has 30 heavy (non-hydrogen) atoms. The van der Waals surface area contributed by atoms with Crippen molar-refractivity contribution in [3.05, 3.63) is 77.4 Å². The topological polar surface area (TPSA) is 72.9 Å². The van der Waals surface area contributed by atoms with Gasteiger partial charge in [-0.2, -0.15) is 0 Å². The van der Waals surface area contributed by atoms with Crippen LogP contribution < -0.4 is 5.48 Å². The minimum absolute atomic E-state index is 0.157. The highest BCUT2D eigenvalue weighted by molar-refractivity contribution is 5.90. The molecule has 0 aromatic heterocycles. The molecule has 0 saturated carbocycles. The van der Waals surface area contributed by atoms with E-state index in [4.69, 9.17) is 5.21 Å². The largest absolute Gasteiger partial charge is 0.334 e. The van der Waals surface area contributed by atoms with Crippen LogP contribution in [0.2, 0.25) is 0 Å². The third kappa shape index (κ3) is 5.78. The van der Waals surface area contributed by atoms with Gasteiger partial charge in [-0.1, -0.05) is 54.6 Å². The summed E-state index contributed by atoms with van der Waals surface area (Å²) in [4.78, 5) is 28.4. The van der Waals surface area contributed by atoms with E-state index in [1.165, 1.54) is 11.6 Å². The Morgan fingerprint density at radius 2 is 1.63 bits per heavy atom. The monoisotopic (exact) mass is 407 g/mol. The molecular weight excluding hydrogens is 378 g/mol. The predicted molar refractivity (Wildman–Crippen MR) is 117 cm³/mol. The Morgan fingerprint density at radius 3 is 2.23 bits per heavy atom. The molecule has 1 saturated heterocycles. The lowest BCUT2D eigenvalue weighted by atomic mass is 10.0. The normalized spacial score (nSPS) is 19.8. The number of piperazine rings is 1. The lowest BCUT2D eigenvalue weighted by molar-refractivity contribution is -0.138. The number of hydrogen-bond acceptors (Lipinski definition) is 4. The summed E-state index contributed by atoms with van der Waals surface area (Å²) in [7, 11) is 0. The lowest BCUT2D eigenvalue weighted by Gasteiger charge is -2.44. The summed E-state index contributed by atoms with van der Waals surface area (Å²) in [6.07, 6.45) is 3.37. The first-order chi connectivity index (χ1) is 14.5. The smallest absolute Gasteiger partial charge is 0.267 e. The minimum atomic E-state index is -0.554. The molecule has 2 N–H and O–H groups in total. The molecular formula is C24H29N3O3. The Kier molecular flexibility index (Phi) is 7.38. The number of carbonyl (C=O) groups excluding carboxylic acids is 2. The second-order valence-corrected chi connectivity index (χ2v) is 7.91. The number of rotatable bonds is 6. The molecule has 0 radical (unpaired) electrons. The van der Waals surface area contributed by atoms with Crippen LogP contribution in [0.15, 0.2) is 60.7 Å². The standard InChI is InChI=1S/C24H29N3O3/c1-18-15-26(17-22-10-8-20(9-11-22)12-13-23(28)25-30)16-19(2)27(18)24(29)14-21-6-4-3-5-7-21/h3-13,18-19,30H,14-17H2,1-2H3,(H,25,28)/b13-12+/t18-,19+. The van der Waals surface area contributed by atoms with E-state index in [1.807, 2.05) is 59.5 Å². The van der Waals surface area contributed by atoms with Gasteiger partial charge in [-0.25, -0.2) is 5.48 Å². The highest BCUT2D eigenvalue weighted by Gasteiger charge is 2.32. The fourth-order valence-electron chi connectivity index (χ4n) is 4.12. The maximum Gasteiger partial charge on any atom is 0.267 e. The highest BCUT2D eigenvalue weighted by atomic mass is 16.5. The van der Waals surface area contributed by atoms with Crippen LogP contribution in [-0.4, -0.2) is 52.0 Å². The van der Waals surface area contributed by atoms with E-state index >= 15 is 0 Å². The predicted octanol–water partition coefficient (Wildman–Crippen LogP) is 2.87. The van der Waals surface area contributed by atoms with Crippen LogP contribution in [0.5, 0.6) is 0 Å². The Labute approximate surface area is 177 Å². The Bertz CT molecular complexity index is 868. The molecule has 1 aliphatic heterocycles. The molecule has 2 amide bonds. The van der Waals surface area contributed by atoms with Crippen LogP contribution >= 0.6 is 0 Å². The summed E-state index contributed by atoms with van der Waals surface area (Å²) in [6.45, 7) is 6.72. The number of carbonyl (C=O) groups is 2. The van der Waals surface area contributed by atoms with Gasteiger partial charge in [0, 0.05) is 37.8 Å². The van der Waals surface area contributed by atoms with Gasteiger partial charge < -0.3 is 4.90 Å². The van der Waals surface area contributed by atoms with E-state index in [9.17, 15) is 9.59 Å². The van der Waals surface area contributed by atoms with Gasteiger partial charge in [0.1, 0.15) is 0 Å². The third-order valence-electron chi connectivity index (χ3n) is 5.40. The number of hydrogen-bond donors (Lipinski definition) is 2. The van der Waals surface area contributed by atoms with Crippen LogP contribution in [0.3, 0.4) is 0 Å². The number of nitrogens with one attached hydrogen (secondary N) is 1. The summed E-state index contributed by atoms with van der Waals surface area (Å²) in [5, 5.41) is 8.53. The van der Waals surface area contributed by atoms with E-state index in [1.54, 1.807) is 11.6 Å². The number of hydroxylamine groups is 1. The van der Waals surface area contributed by atoms with Crippen molar-refractivity contribution < 1.29 is 14.8 Å². The summed E-state index contributed by atoms with van der Waals surface area (Å²) in [5.74, 6) is -0.370. The number of nitrogens with zero attached hydrogens (tertiary/aromatic N) is 2. The molecule has 0 unspecified atom stereocenters. The first kappa shape index (κ1) is 21.7. The first-order valence-electron chi connectivity index (χ1n) is 10.2. The molecule has 1 heterocycles. The first-order valence-corrected chi connectivity index (χ1v) is 10.2. The maximum absolute atomic E-state index is 12.9. The van der Waals surface area contributed by atoms with E-state index in [0.717, 1.165) is 30.8 Å². The van der Waals surface area contributed by atoms with Crippen molar-refractivity contribution in [3.8, 4) is 0 Å². The average molecular weight is 408 g/mol. The molecule has 1 fully saturated rings. The zero-order chi connectivity index (χ0) is 21.5. The Balaban J connectivity index is 1.57. The van der Waals surface area contributed by atoms with Crippen LogP contribution in [0.1, 0.15) is 30.5 Å². The molecule has 0 spiro atoms. The quantitative estimate of drug-likeness (QED) is 0.439. The van der Waals surface area contributed by atoms with Gasteiger partial charge in [0.15, 0.2) is 0 Å². The number of benzene rings is 2. The molecule has 6 nitrogen and oxygen atoms in total. The molecule has 2 aromatic rings. The fourth-order valence-corrected chi connectivity index (χ4v) is 4.12. The van der Waals surface area contributed by atoms with Crippen LogP contribution in [0.4, 0.5) is 0 Å². The van der Waals surface area contributed by atoms with Gasteiger partial charge in [0.25, 0.3) is 5.91 Å². The summed E-state index contributed by atoms with van der Waals surface area (Å²) in [5.41, 5.74) is 4.70. The van der Waals surface area contributed by atoms with Crippen molar-refractivity contribution in [1.82, 2.24) is 15.3 Å². The van der Waals surface area contributed by atoms with E-state index in [0.29, 0.717) is 6.42 Å². The SMILES string of the molecule is C[C@@H]1CN(Cc2ccc(/C=C/C(=O)NO)cc2)C[C@H](C)N1C(=O)Cc1ccccc1. The van der Waals surface area contributed by atoms with Crippen LogP contribution in [0, 0.1) is 0 Å². The number of amides is 2. The zero-order valence-electron chi connectivity index (χ0n) is 17.5. The molecule has 158 valence electrons. The van der Waals surface area contributed by atoms with E-state index in [2.05, 4.69) is 18.7 Å². The van der Waals surface area contributed by atoms with Crippen LogP contribution in [0.25, 0.3) is 6.08 Å². The van der Waals surface area contributed by atoms with Crippen molar-refractivity contribution in [1.29, 1.82) is 0 Å². The van der Waals surface area contributed by atoms with Crippen LogP contribution in [-0.2, 0) is 22.6 Å². The molecule has 1 aliphatic rings. The third-order valence-corrected chi connectivity index (χ3v) is 5.40. The summed E-state index contributed by atoms with van der Waals surface area (Å²) < 4.78 is 0. The molecule has 0 aliphatic carbocycles. The van der Waals surface area contributed by atoms with Gasteiger partial charge in [-0.15, -0.1) is 0 Å². The van der Waals surface area contributed by atoms with Gasteiger partial charge in [-0.05, 0) is 36.6 Å². The Morgan fingerprint density at radius 1 is 1.00 bits per heavy atom. The van der Waals surface area contributed by atoms with Crippen molar-refractivity contribution in [2.75, 3.05) is 13.1 Å². The van der Waals surface area contributed by atoms with Gasteiger partial charge in [0.05, 0.1) is 6.42 Å². The van der Waals surface area contributed by atoms with Gasteiger partial charge >= 0.3 is 0 Å². The van der Waals surface area contributed by atoms with Crippen molar-refractivity contribution in [3.63, 3.8) is 0 Å². The summed E-state index contributed by atoms with van der Waals surface area (Å²) in [6, 6.07) is 18.2. The van der Waals surface area contributed by atoms with Gasteiger partial charge in [-0.3, -0.25) is 19.7 Å². The molecule has 3 rings (SSSR count). The molecule has 6 heteroatoms. The second-order valence-electron chi connectivity index (χ2n) is 7.91. The highest BCUT2D eigenvalue weighted by Crippen LogP contribution is 2.20.